The van der Waals surface area contributed by atoms with Crippen molar-refractivity contribution in [2.45, 2.75) is 37.6 Å². The van der Waals surface area contributed by atoms with E-state index in [2.05, 4.69) is 26.1 Å². The molecular formula is C17H23N5O2S2. The number of hydrogen-bond donors (Lipinski definition) is 3. The quantitative estimate of drug-likeness (QED) is 0.567. The van der Waals surface area contributed by atoms with Crippen LogP contribution in [0.2, 0.25) is 0 Å². The van der Waals surface area contributed by atoms with E-state index in [1.54, 1.807) is 6.92 Å². The molecule has 1 heterocycles. The number of anilines is 2. The van der Waals surface area contributed by atoms with Gasteiger partial charge in [0, 0.05) is 12.2 Å². The molecule has 7 nitrogen and oxygen atoms in total. The average molecular weight is 394 g/mol. The second-order valence-corrected chi connectivity index (χ2v) is 7.88. The van der Waals surface area contributed by atoms with Gasteiger partial charge in [-0.1, -0.05) is 48.2 Å². The summed E-state index contributed by atoms with van der Waals surface area (Å²) in [6, 6.07) is 7.36. The maximum atomic E-state index is 12.0. The van der Waals surface area contributed by atoms with Crippen LogP contribution in [0.5, 0.6) is 0 Å². The zero-order valence-electron chi connectivity index (χ0n) is 15.0. The van der Waals surface area contributed by atoms with E-state index in [1.807, 2.05) is 38.1 Å². The van der Waals surface area contributed by atoms with Crippen LogP contribution in [0.4, 0.5) is 10.8 Å². The van der Waals surface area contributed by atoms with Crippen molar-refractivity contribution in [3.8, 4) is 0 Å². The number of para-hydroxylation sites is 1. The van der Waals surface area contributed by atoms with Crippen LogP contribution in [-0.4, -0.2) is 40.4 Å². The van der Waals surface area contributed by atoms with Crippen LogP contribution in [0.15, 0.2) is 28.6 Å². The van der Waals surface area contributed by atoms with E-state index in [9.17, 15) is 9.59 Å². The van der Waals surface area contributed by atoms with Crippen LogP contribution in [0.1, 0.15) is 25.8 Å². The van der Waals surface area contributed by atoms with Crippen LogP contribution in [0, 0.1) is 6.92 Å². The number of thioether (sulfide) groups is 1. The van der Waals surface area contributed by atoms with Gasteiger partial charge in [0.05, 0.1) is 5.75 Å². The summed E-state index contributed by atoms with van der Waals surface area (Å²) in [5, 5.41) is 17.5. The van der Waals surface area contributed by atoms with Gasteiger partial charge in [0.25, 0.3) is 0 Å². The normalized spacial score (nSPS) is 11.7. The van der Waals surface area contributed by atoms with Gasteiger partial charge < -0.3 is 16.0 Å². The third kappa shape index (κ3) is 6.30. The molecule has 0 spiro atoms. The van der Waals surface area contributed by atoms with Crippen molar-refractivity contribution in [1.29, 1.82) is 0 Å². The lowest BCUT2D eigenvalue weighted by atomic mass is 10.2. The van der Waals surface area contributed by atoms with Crippen LogP contribution in [0.25, 0.3) is 0 Å². The predicted molar refractivity (Wildman–Crippen MR) is 106 cm³/mol. The first kappa shape index (κ1) is 20.2. The van der Waals surface area contributed by atoms with Crippen LogP contribution < -0.4 is 16.0 Å². The smallest absolute Gasteiger partial charge is 0.242 e. The Morgan fingerprint density at radius 3 is 2.77 bits per heavy atom. The van der Waals surface area contributed by atoms with Crippen LogP contribution in [-0.2, 0) is 9.59 Å². The molecule has 0 bridgehead atoms. The molecule has 0 saturated carbocycles. The molecule has 1 atom stereocenters. The van der Waals surface area contributed by atoms with Crippen molar-refractivity contribution < 1.29 is 9.59 Å². The van der Waals surface area contributed by atoms with Gasteiger partial charge in [0.2, 0.25) is 16.9 Å². The molecule has 0 saturated heterocycles. The summed E-state index contributed by atoms with van der Waals surface area (Å²) in [5.41, 5.74) is 2.09. The van der Waals surface area contributed by atoms with Gasteiger partial charge in [-0.05, 0) is 31.9 Å². The first-order valence-corrected chi connectivity index (χ1v) is 10.2. The van der Waals surface area contributed by atoms with Crippen molar-refractivity contribution in [2.75, 3.05) is 17.6 Å². The van der Waals surface area contributed by atoms with E-state index in [1.165, 1.54) is 23.1 Å². The number of carbonyl (C=O) groups excluding carboxylic acids is 2. The summed E-state index contributed by atoms with van der Waals surface area (Å²) in [4.78, 5) is 23.7. The van der Waals surface area contributed by atoms with E-state index in [4.69, 9.17) is 0 Å². The SMILES string of the molecule is CCCNC(=O)[C@H](C)NC(=O)CSc1nnc(Nc2ccccc2C)s1. The Morgan fingerprint density at radius 1 is 1.27 bits per heavy atom. The summed E-state index contributed by atoms with van der Waals surface area (Å²) < 4.78 is 0.694. The van der Waals surface area contributed by atoms with Crippen molar-refractivity contribution in [1.82, 2.24) is 20.8 Å². The minimum absolute atomic E-state index is 0.175. The molecule has 3 N–H and O–H groups in total. The van der Waals surface area contributed by atoms with Gasteiger partial charge in [-0.2, -0.15) is 0 Å². The summed E-state index contributed by atoms with van der Waals surface area (Å²) in [5.74, 6) is -0.201. The van der Waals surface area contributed by atoms with Gasteiger partial charge in [-0.25, -0.2) is 0 Å². The Morgan fingerprint density at radius 2 is 2.04 bits per heavy atom. The fourth-order valence-electron chi connectivity index (χ4n) is 2.02. The number of benzene rings is 1. The largest absolute Gasteiger partial charge is 0.354 e. The second-order valence-electron chi connectivity index (χ2n) is 5.68. The second kappa shape index (κ2) is 10.1. The van der Waals surface area contributed by atoms with E-state index >= 15 is 0 Å². The number of rotatable bonds is 9. The van der Waals surface area contributed by atoms with Gasteiger partial charge in [0.15, 0.2) is 4.34 Å². The van der Waals surface area contributed by atoms with Crippen LogP contribution >= 0.6 is 23.1 Å². The maximum absolute atomic E-state index is 12.0. The van der Waals surface area contributed by atoms with Gasteiger partial charge in [-0.15, -0.1) is 10.2 Å². The first-order valence-electron chi connectivity index (χ1n) is 8.35. The summed E-state index contributed by atoms with van der Waals surface area (Å²) in [6.07, 6.45) is 0.859. The van der Waals surface area contributed by atoms with E-state index in [0.29, 0.717) is 16.0 Å². The summed E-state index contributed by atoms with van der Waals surface area (Å²) >= 11 is 2.68. The fourth-order valence-corrected chi connectivity index (χ4v) is 3.60. The standard InChI is InChI=1S/C17H23N5O2S2/c1-4-9-18-15(24)12(3)19-14(23)10-25-17-22-21-16(26-17)20-13-8-6-5-7-11(13)2/h5-8,12H,4,9-10H2,1-3H3,(H,18,24)(H,19,23)(H,20,21)/t12-/m0/s1. The number of nitrogens with zero attached hydrogens (tertiary/aromatic N) is 2. The van der Waals surface area contributed by atoms with Crippen molar-refractivity contribution in [2.24, 2.45) is 0 Å². The highest BCUT2D eigenvalue weighted by atomic mass is 32.2. The lowest BCUT2D eigenvalue weighted by molar-refractivity contribution is -0.127. The molecule has 0 radical (unpaired) electrons. The van der Waals surface area contributed by atoms with Crippen LogP contribution in [0.3, 0.4) is 0 Å². The number of carbonyl (C=O) groups is 2. The van der Waals surface area contributed by atoms with E-state index < -0.39 is 6.04 Å². The van der Waals surface area contributed by atoms with E-state index in [-0.39, 0.29) is 17.6 Å². The van der Waals surface area contributed by atoms with Crippen molar-refractivity contribution >= 4 is 45.7 Å². The topological polar surface area (TPSA) is 96.0 Å². The highest BCUT2D eigenvalue weighted by Gasteiger charge is 2.15. The zero-order valence-corrected chi connectivity index (χ0v) is 16.7. The number of aryl methyl sites for hydroxylation is 1. The third-order valence-electron chi connectivity index (χ3n) is 3.44. The molecule has 0 unspecified atom stereocenters. The molecule has 1 aromatic heterocycles. The molecule has 2 amide bonds. The highest BCUT2D eigenvalue weighted by Crippen LogP contribution is 2.28. The molecule has 1 aromatic carbocycles. The highest BCUT2D eigenvalue weighted by molar-refractivity contribution is 8.01. The molecule has 140 valence electrons. The van der Waals surface area contributed by atoms with Gasteiger partial charge in [-0.3, -0.25) is 9.59 Å². The Labute approximate surface area is 161 Å². The summed E-state index contributed by atoms with van der Waals surface area (Å²) in [7, 11) is 0. The molecule has 0 aliphatic carbocycles. The zero-order chi connectivity index (χ0) is 18.9. The average Bonchev–Trinajstić information content (AvgIpc) is 3.07. The van der Waals surface area contributed by atoms with Gasteiger partial charge >= 0.3 is 0 Å². The minimum Gasteiger partial charge on any atom is -0.354 e. The first-order chi connectivity index (χ1) is 12.5. The molecule has 0 aliphatic rings. The monoisotopic (exact) mass is 393 g/mol. The molecule has 2 aromatic rings. The Balaban J connectivity index is 1.79. The number of nitrogens with one attached hydrogen (secondary N) is 3. The Bertz CT molecular complexity index is 750. The summed E-state index contributed by atoms with van der Waals surface area (Å²) in [6.45, 7) is 6.27. The minimum atomic E-state index is -0.553. The molecule has 0 aliphatic heterocycles. The lowest BCUT2D eigenvalue weighted by Gasteiger charge is -2.13. The van der Waals surface area contributed by atoms with E-state index in [0.717, 1.165) is 17.7 Å². The third-order valence-corrected chi connectivity index (χ3v) is 5.41. The molecular weight excluding hydrogens is 370 g/mol. The lowest BCUT2D eigenvalue weighted by Crippen LogP contribution is -2.45. The number of hydrogen-bond acceptors (Lipinski definition) is 7. The molecule has 26 heavy (non-hydrogen) atoms. The van der Waals surface area contributed by atoms with Crippen molar-refractivity contribution in [3.05, 3.63) is 29.8 Å². The fraction of sp³-hybridized carbons (Fsp3) is 0.412. The Hall–Kier alpha value is -2.13. The number of amides is 2. The molecule has 9 heteroatoms. The van der Waals surface area contributed by atoms with Crippen molar-refractivity contribution in [3.63, 3.8) is 0 Å². The molecule has 2 rings (SSSR count). The molecule has 0 fully saturated rings. The van der Waals surface area contributed by atoms with Gasteiger partial charge in [0.1, 0.15) is 6.04 Å². The Kier molecular flexibility index (Phi) is 7.86. The predicted octanol–water partition coefficient (Wildman–Crippen LogP) is 2.71. The number of aromatic nitrogens is 2. The maximum Gasteiger partial charge on any atom is 0.242 e.